The van der Waals surface area contributed by atoms with Gasteiger partial charge in [0.2, 0.25) is 5.78 Å². The Morgan fingerprint density at radius 1 is 1.33 bits per heavy atom. The zero-order valence-corrected chi connectivity index (χ0v) is 13.0. The maximum absolute atomic E-state index is 12.4. The van der Waals surface area contributed by atoms with Crippen LogP contribution < -0.4 is 5.73 Å². The SMILES string of the molecule is Cc1cc(C(=O)c2cc(Br)cc(N)c2C)sc1Cl. The Labute approximate surface area is 123 Å². The molecule has 0 amide bonds. The van der Waals surface area contributed by atoms with E-state index in [2.05, 4.69) is 15.9 Å². The van der Waals surface area contributed by atoms with Gasteiger partial charge in [0.1, 0.15) is 0 Å². The molecule has 5 heteroatoms. The maximum Gasteiger partial charge on any atom is 0.203 e. The molecule has 0 bridgehead atoms. The summed E-state index contributed by atoms with van der Waals surface area (Å²) in [6.07, 6.45) is 0. The van der Waals surface area contributed by atoms with E-state index in [0.717, 1.165) is 15.6 Å². The van der Waals surface area contributed by atoms with Crippen LogP contribution in [0.3, 0.4) is 0 Å². The van der Waals surface area contributed by atoms with Crippen LogP contribution in [0.25, 0.3) is 0 Å². The lowest BCUT2D eigenvalue weighted by Crippen LogP contribution is -2.04. The Morgan fingerprint density at radius 2 is 2.00 bits per heavy atom. The highest BCUT2D eigenvalue weighted by Crippen LogP contribution is 2.31. The number of ketones is 1. The predicted octanol–water partition coefficient (Wildman–Crippen LogP) is 4.59. The second-order valence-corrected chi connectivity index (χ2v) is 6.63. The number of hydrogen-bond donors (Lipinski definition) is 1. The zero-order chi connectivity index (χ0) is 13.4. The van der Waals surface area contributed by atoms with E-state index < -0.39 is 0 Å². The van der Waals surface area contributed by atoms with Crippen LogP contribution in [-0.4, -0.2) is 5.78 Å². The van der Waals surface area contributed by atoms with Crippen LogP contribution in [-0.2, 0) is 0 Å². The summed E-state index contributed by atoms with van der Waals surface area (Å²) in [5.41, 5.74) is 8.80. The molecule has 18 heavy (non-hydrogen) atoms. The van der Waals surface area contributed by atoms with Crippen molar-refractivity contribution in [2.45, 2.75) is 13.8 Å². The van der Waals surface area contributed by atoms with E-state index in [0.29, 0.717) is 20.5 Å². The third-order valence-corrected chi connectivity index (χ3v) is 4.75. The van der Waals surface area contributed by atoms with Crippen molar-refractivity contribution >= 4 is 50.3 Å². The lowest BCUT2D eigenvalue weighted by Gasteiger charge is -2.07. The van der Waals surface area contributed by atoms with Gasteiger partial charge in [-0.2, -0.15) is 0 Å². The Hall–Kier alpha value is -0.840. The van der Waals surface area contributed by atoms with Crippen molar-refractivity contribution in [2.24, 2.45) is 0 Å². The average Bonchev–Trinajstić information content (AvgIpc) is 2.63. The number of thiophene rings is 1. The van der Waals surface area contributed by atoms with Crippen molar-refractivity contribution in [3.63, 3.8) is 0 Å². The van der Waals surface area contributed by atoms with Crippen molar-refractivity contribution in [1.29, 1.82) is 0 Å². The molecule has 2 N–H and O–H groups in total. The number of halogens is 2. The lowest BCUT2D eigenvalue weighted by atomic mass is 10.0. The van der Waals surface area contributed by atoms with Crippen LogP contribution >= 0.6 is 38.9 Å². The number of anilines is 1. The molecule has 0 aliphatic rings. The van der Waals surface area contributed by atoms with Gasteiger partial charge in [-0.15, -0.1) is 11.3 Å². The lowest BCUT2D eigenvalue weighted by molar-refractivity contribution is 0.104. The van der Waals surface area contributed by atoms with Crippen molar-refractivity contribution in [3.8, 4) is 0 Å². The highest BCUT2D eigenvalue weighted by molar-refractivity contribution is 9.10. The molecule has 2 aromatic rings. The standard InChI is InChI=1S/C13H11BrClNOS/c1-6-3-11(18-13(6)15)12(17)9-4-8(14)5-10(16)7(9)2/h3-5H,16H2,1-2H3. The minimum Gasteiger partial charge on any atom is -0.398 e. The maximum atomic E-state index is 12.4. The van der Waals surface area contributed by atoms with E-state index in [1.807, 2.05) is 19.9 Å². The Balaban J connectivity index is 2.52. The Morgan fingerprint density at radius 3 is 2.56 bits per heavy atom. The van der Waals surface area contributed by atoms with E-state index in [1.54, 1.807) is 12.1 Å². The molecule has 0 unspecified atom stereocenters. The number of hydrogen-bond acceptors (Lipinski definition) is 3. The molecular formula is C13H11BrClNOS. The number of nitrogen functional groups attached to an aromatic ring is 1. The molecule has 94 valence electrons. The van der Waals surface area contributed by atoms with Crippen LogP contribution in [0.2, 0.25) is 4.34 Å². The topological polar surface area (TPSA) is 43.1 Å². The molecule has 2 nitrogen and oxygen atoms in total. The second kappa shape index (κ2) is 5.03. The third kappa shape index (κ3) is 2.46. The predicted molar refractivity (Wildman–Crippen MR) is 80.8 cm³/mol. The van der Waals surface area contributed by atoms with Crippen molar-refractivity contribution in [1.82, 2.24) is 0 Å². The number of benzene rings is 1. The van der Waals surface area contributed by atoms with E-state index in [9.17, 15) is 4.79 Å². The number of carbonyl (C=O) groups excluding carboxylic acids is 1. The summed E-state index contributed by atoms with van der Waals surface area (Å²) in [5, 5.41) is 0. The van der Waals surface area contributed by atoms with Crippen molar-refractivity contribution < 1.29 is 4.79 Å². The van der Waals surface area contributed by atoms with Crippen LogP contribution in [0, 0.1) is 13.8 Å². The van der Waals surface area contributed by atoms with Gasteiger partial charge in [-0.1, -0.05) is 27.5 Å². The fourth-order valence-corrected chi connectivity index (χ4v) is 3.27. The van der Waals surface area contributed by atoms with Gasteiger partial charge in [-0.3, -0.25) is 4.79 Å². The zero-order valence-electron chi connectivity index (χ0n) is 9.88. The quantitative estimate of drug-likeness (QED) is 0.639. The van der Waals surface area contributed by atoms with Gasteiger partial charge in [0.05, 0.1) is 9.21 Å². The number of aryl methyl sites for hydroxylation is 1. The Bertz CT molecular complexity index is 617. The van der Waals surface area contributed by atoms with Gasteiger partial charge >= 0.3 is 0 Å². The van der Waals surface area contributed by atoms with Gasteiger partial charge in [0.15, 0.2) is 0 Å². The largest absolute Gasteiger partial charge is 0.398 e. The van der Waals surface area contributed by atoms with E-state index in [1.165, 1.54) is 11.3 Å². The molecule has 0 aliphatic carbocycles. The first-order chi connectivity index (χ1) is 8.40. The smallest absolute Gasteiger partial charge is 0.203 e. The summed E-state index contributed by atoms with van der Waals surface area (Å²) in [6, 6.07) is 5.39. The molecule has 0 atom stereocenters. The van der Waals surface area contributed by atoms with Gasteiger partial charge in [0.25, 0.3) is 0 Å². The summed E-state index contributed by atoms with van der Waals surface area (Å²) in [5.74, 6) is -0.0412. The van der Waals surface area contributed by atoms with Crippen LogP contribution in [0.1, 0.15) is 26.4 Å². The minimum absolute atomic E-state index is 0.0412. The number of nitrogens with two attached hydrogens (primary N) is 1. The Kier molecular flexibility index (Phi) is 3.80. The second-order valence-electron chi connectivity index (χ2n) is 4.06. The summed E-state index contributed by atoms with van der Waals surface area (Å²) in [6.45, 7) is 3.73. The number of carbonyl (C=O) groups is 1. The highest BCUT2D eigenvalue weighted by Gasteiger charge is 2.17. The monoisotopic (exact) mass is 343 g/mol. The third-order valence-electron chi connectivity index (χ3n) is 2.74. The fourth-order valence-electron chi connectivity index (χ4n) is 1.64. The fraction of sp³-hybridized carbons (Fsp3) is 0.154. The molecule has 1 aromatic heterocycles. The van der Waals surface area contributed by atoms with Crippen molar-refractivity contribution in [3.05, 3.63) is 48.6 Å². The molecule has 2 rings (SSSR count). The van der Waals surface area contributed by atoms with E-state index >= 15 is 0 Å². The molecule has 0 spiro atoms. The van der Waals surface area contributed by atoms with Gasteiger partial charge < -0.3 is 5.73 Å². The molecule has 0 saturated carbocycles. The minimum atomic E-state index is -0.0412. The van der Waals surface area contributed by atoms with Crippen LogP contribution in [0.5, 0.6) is 0 Å². The molecule has 0 saturated heterocycles. The first kappa shape index (κ1) is 13.6. The average molecular weight is 345 g/mol. The van der Waals surface area contributed by atoms with Crippen molar-refractivity contribution in [2.75, 3.05) is 5.73 Å². The molecule has 1 aromatic carbocycles. The molecular weight excluding hydrogens is 334 g/mol. The molecule has 0 fully saturated rings. The normalized spacial score (nSPS) is 10.7. The summed E-state index contributed by atoms with van der Waals surface area (Å²) in [4.78, 5) is 13.0. The first-order valence-electron chi connectivity index (χ1n) is 5.26. The van der Waals surface area contributed by atoms with Gasteiger partial charge in [0, 0.05) is 15.7 Å². The highest BCUT2D eigenvalue weighted by atomic mass is 79.9. The molecule has 0 aliphatic heterocycles. The van der Waals surface area contributed by atoms with E-state index in [-0.39, 0.29) is 5.78 Å². The van der Waals surface area contributed by atoms with Crippen LogP contribution in [0.4, 0.5) is 5.69 Å². The summed E-state index contributed by atoms with van der Waals surface area (Å²) in [7, 11) is 0. The summed E-state index contributed by atoms with van der Waals surface area (Å²) >= 11 is 10.6. The van der Waals surface area contributed by atoms with E-state index in [4.69, 9.17) is 17.3 Å². The number of rotatable bonds is 2. The van der Waals surface area contributed by atoms with Crippen LogP contribution in [0.15, 0.2) is 22.7 Å². The van der Waals surface area contributed by atoms with Gasteiger partial charge in [-0.25, -0.2) is 0 Å². The van der Waals surface area contributed by atoms with Gasteiger partial charge in [-0.05, 0) is 43.2 Å². The first-order valence-corrected chi connectivity index (χ1v) is 7.25. The summed E-state index contributed by atoms with van der Waals surface area (Å²) < 4.78 is 1.45. The molecule has 1 heterocycles. The molecule has 0 radical (unpaired) electrons.